The third-order valence-electron chi connectivity index (χ3n) is 3.59. The van der Waals surface area contributed by atoms with Crippen LogP contribution in [0.5, 0.6) is 0 Å². The molecule has 1 aliphatic rings. The van der Waals surface area contributed by atoms with E-state index >= 15 is 0 Å². The van der Waals surface area contributed by atoms with Crippen LogP contribution in [0.25, 0.3) is 0 Å². The van der Waals surface area contributed by atoms with Gasteiger partial charge in [0.05, 0.1) is 14.2 Å². The van der Waals surface area contributed by atoms with Crippen LogP contribution >= 0.6 is 27.3 Å². The summed E-state index contributed by atoms with van der Waals surface area (Å²) >= 11 is 4.93. The molecule has 0 aliphatic carbocycles. The van der Waals surface area contributed by atoms with E-state index in [0.717, 1.165) is 34.6 Å². The fourth-order valence-corrected chi connectivity index (χ4v) is 3.99. The van der Waals surface area contributed by atoms with Crippen molar-refractivity contribution in [2.24, 2.45) is 0 Å². The van der Waals surface area contributed by atoms with Gasteiger partial charge in [-0.25, -0.2) is 0 Å². The lowest BCUT2D eigenvalue weighted by molar-refractivity contribution is 0.0387. The molecule has 0 aromatic carbocycles. The minimum atomic E-state index is -0.0550. The molecule has 1 aromatic rings. The zero-order chi connectivity index (χ0) is 13.2. The largest absolute Gasteiger partial charge is 0.331 e. The summed E-state index contributed by atoms with van der Waals surface area (Å²) in [4.78, 5) is 15.5. The lowest BCUT2D eigenvalue weighted by Gasteiger charge is -2.44. The molecule has 0 spiro atoms. The summed E-state index contributed by atoms with van der Waals surface area (Å²) in [6.45, 7) is 3.90. The van der Waals surface area contributed by atoms with Crippen LogP contribution in [0.3, 0.4) is 0 Å². The Morgan fingerprint density at radius 1 is 1.56 bits per heavy atom. The average Bonchev–Trinajstić information content (AvgIpc) is 2.76. The molecule has 1 amide bonds. The fraction of sp³-hybridized carbons (Fsp3) is 0.615. The van der Waals surface area contributed by atoms with Crippen LogP contribution < -0.4 is 5.32 Å². The monoisotopic (exact) mass is 330 g/mol. The molecule has 1 aliphatic heterocycles. The van der Waals surface area contributed by atoms with E-state index in [1.807, 2.05) is 24.1 Å². The van der Waals surface area contributed by atoms with Crippen molar-refractivity contribution in [2.45, 2.75) is 31.7 Å². The van der Waals surface area contributed by atoms with Gasteiger partial charge in [0.25, 0.3) is 5.91 Å². The van der Waals surface area contributed by atoms with E-state index in [9.17, 15) is 4.79 Å². The van der Waals surface area contributed by atoms with Crippen LogP contribution in [0.15, 0.2) is 15.9 Å². The number of piperidine rings is 1. The lowest BCUT2D eigenvalue weighted by atomic mass is 9.88. The van der Waals surface area contributed by atoms with Gasteiger partial charge in [0.1, 0.15) is 0 Å². The summed E-state index contributed by atoms with van der Waals surface area (Å²) in [6.07, 6.45) is 3.39. The Morgan fingerprint density at radius 2 is 2.33 bits per heavy atom. The standard InChI is InChI=1S/C13H19BrN2OS/c1-13(9-15-2)7-3-4-8-16(13)12(17)10-5-6-11(14)18-10/h5-6,15H,3-4,7-9H2,1-2H3. The molecule has 1 aromatic heterocycles. The zero-order valence-electron chi connectivity index (χ0n) is 10.8. The first-order valence-corrected chi connectivity index (χ1v) is 7.90. The molecule has 0 bridgehead atoms. The van der Waals surface area contributed by atoms with E-state index in [1.165, 1.54) is 17.8 Å². The molecule has 0 radical (unpaired) electrons. The second-order valence-corrected chi connectivity index (χ2v) is 7.51. The van der Waals surface area contributed by atoms with Crippen molar-refractivity contribution in [2.75, 3.05) is 20.1 Å². The molecule has 100 valence electrons. The Kier molecular flexibility index (Phi) is 4.45. The molecule has 3 nitrogen and oxygen atoms in total. The van der Waals surface area contributed by atoms with Gasteiger partial charge in [0, 0.05) is 13.1 Å². The van der Waals surface area contributed by atoms with Gasteiger partial charge in [-0.1, -0.05) is 0 Å². The van der Waals surface area contributed by atoms with Crippen LogP contribution in [0.1, 0.15) is 35.9 Å². The first kappa shape index (κ1) is 14.0. The number of hydrogen-bond acceptors (Lipinski definition) is 3. The highest BCUT2D eigenvalue weighted by Crippen LogP contribution is 2.31. The second kappa shape index (κ2) is 5.72. The summed E-state index contributed by atoms with van der Waals surface area (Å²) in [5, 5.41) is 3.22. The van der Waals surface area contributed by atoms with Crippen LogP contribution in [-0.2, 0) is 0 Å². The fourth-order valence-electron chi connectivity index (χ4n) is 2.65. The molecule has 1 N–H and O–H groups in total. The van der Waals surface area contributed by atoms with Gasteiger partial charge in [0.15, 0.2) is 0 Å². The highest BCUT2D eigenvalue weighted by molar-refractivity contribution is 9.11. The predicted octanol–water partition coefficient (Wildman–Crippen LogP) is 3.11. The Morgan fingerprint density at radius 3 is 2.94 bits per heavy atom. The van der Waals surface area contributed by atoms with Gasteiger partial charge >= 0.3 is 0 Å². The average molecular weight is 331 g/mol. The van der Waals surface area contributed by atoms with Gasteiger partial charge < -0.3 is 10.2 Å². The minimum Gasteiger partial charge on any atom is -0.331 e. The zero-order valence-corrected chi connectivity index (χ0v) is 13.2. The molecule has 2 heterocycles. The molecule has 1 fully saturated rings. The summed E-state index contributed by atoms with van der Waals surface area (Å²) in [5.41, 5.74) is -0.0550. The Bertz CT molecular complexity index is 430. The third-order valence-corrected chi connectivity index (χ3v) is 5.20. The first-order valence-electron chi connectivity index (χ1n) is 6.29. The van der Waals surface area contributed by atoms with E-state index < -0.39 is 0 Å². The van der Waals surface area contributed by atoms with Crippen molar-refractivity contribution in [3.8, 4) is 0 Å². The maximum absolute atomic E-state index is 12.6. The van der Waals surface area contributed by atoms with Crippen molar-refractivity contribution < 1.29 is 4.79 Å². The number of rotatable bonds is 3. The highest BCUT2D eigenvalue weighted by atomic mass is 79.9. The molecule has 5 heteroatoms. The van der Waals surface area contributed by atoms with Crippen LogP contribution in [0.4, 0.5) is 0 Å². The molecule has 2 rings (SSSR count). The Hall–Kier alpha value is -0.390. The summed E-state index contributed by atoms with van der Waals surface area (Å²) < 4.78 is 1.01. The van der Waals surface area contributed by atoms with E-state index in [1.54, 1.807) is 0 Å². The number of amides is 1. The van der Waals surface area contributed by atoms with Crippen LogP contribution in [-0.4, -0.2) is 36.5 Å². The van der Waals surface area contributed by atoms with E-state index in [0.29, 0.717) is 0 Å². The molecule has 1 saturated heterocycles. The summed E-state index contributed by atoms with van der Waals surface area (Å²) in [5.74, 6) is 0.170. The topological polar surface area (TPSA) is 32.3 Å². The van der Waals surface area contributed by atoms with Gasteiger partial charge in [-0.15, -0.1) is 11.3 Å². The number of halogens is 1. The van der Waals surface area contributed by atoms with Gasteiger partial charge in [-0.2, -0.15) is 0 Å². The Balaban J connectivity index is 2.21. The van der Waals surface area contributed by atoms with Crippen molar-refractivity contribution in [1.82, 2.24) is 10.2 Å². The number of thiophene rings is 1. The van der Waals surface area contributed by atoms with E-state index in [-0.39, 0.29) is 11.4 Å². The highest BCUT2D eigenvalue weighted by Gasteiger charge is 2.37. The number of nitrogens with zero attached hydrogens (tertiary/aromatic N) is 1. The molecular formula is C13H19BrN2OS. The second-order valence-electron chi connectivity index (χ2n) is 5.04. The maximum atomic E-state index is 12.6. The van der Waals surface area contributed by atoms with Crippen molar-refractivity contribution in [3.05, 3.63) is 20.8 Å². The van der Waals surface area contributed by atoms with E-state index in [4.69, 9.17) is 0 Å². The van der Waals surface area contributed by atoms with Crippen molar-refractivity contribution in [3.63, 3.8) is 0 Å². The maximum Gasteiger partial charge on any atom is 0.264 e. The summed E-state index contributed by atoms with van der Waals surface area (Å²) in [6, 6.07) is 3.85. The normalized spacial score (nSPS) is 24.3. The number of likely N-dealkylation sites (tertiary alicyclic amines) is 1. The van der Waals surface area contributed by atoms with Gasteiger partial charge in [-0.05, 0) is 61.3 Å². The minimum absolute atomic E-state index is 0.0550. The molecule has 0 saturated carbocycles. The number of nitrogens with one attached hydrogen (secondary N) is 1. The number of carbonyl (C=O) groups is 1. The third kappa shape index (κ3) is 2.78. The first-order chi connectivity index (χ1) is 8.57. The predicted molar refractivity (Wildman–Crippen MR) is 79.2 cm³/mol. The smallest absolute Gasteiger partial charge is 0.264 e. The van der Waals surface area contributed by atoms with Crippen molar-refractivity contribution >= 4 is 33.2 Å². The number of carbonyl (C=O) groups excluding carboxylic acids is 1. The quantitative estimate of drug-likeness (QED) is 0.923. The van der Waals surface area contributed by atoms with Crippen LogP contribution in [0, 0.1) is 0 Å². The van der Waals surface area contributed by atoms with Gasteiger partial charge in [0.2, 0.25) is 0 Å². The van der Waals surface area contributed by atoms with Crippen LogP contribution in [0.2, 0.25) is 0 Å². The molecule has 1 unspecified atom stereocenters. The van der Waals surface area contributed by atoms with Gasteiger partial charge in [-0.3, -0.25) is 4.79 Å². The SMILES string of the molecule is CNCC1(C)CCCCN1C(=O)c1ccc(Br)s1. The number of likely N-dealkylation sites (N-methyl/N-ethyl adjacent to an activating group) is 1. The molecule has 1 atom stereocenters. The van der Waals surface area contributed by atoms with Crippen molar-refractivity contribution in [1.29, 1.82) is 0 Å². The lowest BCUT2D eigenvalue weighted by Crippen LogP contribution is -2.57. The van der Waals surface area contributed by atoms with E-state index in [2.05, 4.69) is 28.2 Å². The molecular weight excluding hydrogens is 312 g/mol. The Labute approximate surface area is 121 Å². The number of hydrogen-bond donors (Lipinski definition) is 1. The molecule has 18 heavy (non-hydrogen) atoms. The summed E-state index contributed by atoms with van der Waals surface area (Å²) in [7, 11) is 1.95.